The SMILES string of the molecule is CCOC(=O)c1cnc(CC2(c3ccccc3)CC2)nc1.NCC(=O)c1cnc(CC2(c3ccccc3)CC2)nc1. The third kappa shape index (κ3) is 6.89. The van der Waals surface area contributed by atoms with Crippen LogP contribution in [0.15, 0.2) is 85.5 Å². The maximum Gasteiger partial charge on any atom is 0.341 e. The topological polar surface area (TPSA) is 121 Å². The highest BCUT2D eigenvalue weighted by Gasteiger charge is 2.45. The molecule has 4 aromatic rings. The third-order valence-electron chi connectivity index (χ3n) is 7.90. The van der Waals surface area contributed by atoms with Crippen molar-refractivity contribution in [1.82, 2.24) is 19.9 Å². The van der Waals surface area contributed by atoms with E-state index in [1.54, 1.807) is 31.7 Å². The Morgan fingerprint density at radius 3 is 1.49 bits per heavy atom. The Morgan fingerprint density at radius 1 is 0.707 bits per heavy atom. The number of ether oxygens (including phenoxy) is 1. The number of hydrogen-bond donors (Lipinski definition) is 1. The van der Waals surface area contributed by atoms with E-state index in [4.69, 9.17) is 10.5 Å². The molecule has 2 N–H and O–H groups in total. The number of carbonyl (C=O) groups is 2. The van der Waals surface area contributed by atoms with E-state index in [0.29, 0.717) is 17.7 Å². The van der Waals surface area contributed by atoms with Gasteiger partial charge in [0.05, 0.1) is 24.3 Å². The molecule has 0 atom stereocenters. The van der Waals surface area contributed by atoms with Gasteiger partial charge in [0.25, 0.3) is 0 Å². The van der Waals surface area contributed by atoms with Gasteiger partial charge in [-0.2, -0.15) is 0 Å². The van der Waals surface area contributed by atoms with Gasteiger partial charge in [-0.25, -0.2) is 24.7 Å². The van der Waals surface area contributed by atoms with Gasteiger partial charge in [-0.3, -0.25) is 4.79 Å². The van der Waals surface area contributed by atoms with Gasteiger partial charge in [-0.15, -0.1) is 0 Å². The van der Waals surface area contributed by atoms with Crippen LogP contribution in [0.4, 0.5) is 0 Å². The summed E-state index contributed by atoms with van der Waals surface area (Å²) in [7, 11) is 0. The van der Waals surface area contributed by atoms with Crippen LogP contribution in [0.25, 0.3) is 0 Å². The maximum atomic E-state index is 11.6. The zero-order chi connectivity index (χ0) is 28.7. The molecule has 2 aromatic carbocycles. The number of aromatic nitrogens is 4. The molecule has 2 aliphatic carbocycles. The van der Waals surface area contributed by atoms with Crippen molar-refractivity contribution >= 4 is 11.8 Å². The molecule has 0 amide bonds. The summed E-state index contributed by atoms with van der Waals surface area (Å²) in [5.41, 5.74) is 9.30. The molecule has 0 spiro atoms. The fraction of sp³-hybridized carbons (Fsp3) is 0.333. The summed E-state index contributed by atoms with van der Waals surface area (Å²) >= 11 is 0. The first-order valence-corrected chi connectivity index (χ1v) is 14.1. The van der Waals surface area contributed by atoms with E-state index < -0.39 is 0 Å². The Bertz CT molecular complexity index is 1450. The fourth-order valence-electron chi connectivity index (χ4n) is 5.10. The lowest BCUT2D eigenvalue weighted by molar-refractivity contribution is 0.0525. The normalized spacial score (nSPS) is 15.7. The van der Waals surface area contributed by atoms with Gasteiger partial charge in [0, 0.05) is 48.5 Å². The number of benzene rings is 2. The van der Waals surface area contributed by atoms with Crippen molar-refractivity contribution in [2.24, 2.45) is 5.73 Å². The van der Waals surface area contributed by atoms with E-state index in [1.165, 1.54) is 36.8 Å². The van der Waals surface area contributed by atoms with Crippen molar-refractivity contribution in [2.45, 2.75) is 56.3 Å². The zero-order valence-corrected chi connectivity index (χ0v) is 23.3. The molecule has 6 rings (SSSR count). The van der Waals surface area contributed by atoms with Gasteiger partial charge in [0.15, 0.2) is 5.78 Å². The van der Waals surface area contributed by atoms with E-state index >= 15 is 0 Å². The van der Waals surface area contributed by atoms with Crippen LogP contribution in [0.5, 0.6) is 0 Å². The molecule has 0 aliphatic heterocycles. The lowest BCUT2D eigenvalue weighted by Crippen LogP contribution is -2.16. The molecule has 8 nitrogen and oxygen atoms in total. The van der Waals surface area contributed by atoms with Crippen LogP contribution >= 0.6 is 0 Å². The Hall–Kier alpha value is -4.30. The van der Waals surface area contributed by atoms with Crippen molar-refractivity contribution in [3.05, 3.63) is 119 Å². The molecule has 2 aromatic heterocycles. The molecule has 2 saturated carbocycles. The first kappa shape index (κ1) is 28.2. The first-order chi connectivity index (χ1) is 20.0. The molecule has 2 aliphatic rings. The summed E-state index contributed by atoms with van der Waals surface area (Å²) in [5.74, 6) is 1.08. The Morgan fingerprint density at radius 2 is 1.12 bits per heavy atom. The molecule has 41 heavy (non-hydrogen) atoms. The highest BCUT2D eigenvalue weighted by molar-refractivity contribution is 5.96. The number of hydrogen-bond acceptors (Lipinski definition) is 8. The minimum absolute atomic E-state index is 0.00331. The molecule has 2 heterocycles. The van der Waals surface area contributed by atoms with Crippen molar-refractivity contribution in [3.63, 3.8) is 0 Å². The van der Waals surface area contributed by atoms with Crippen molar-refractivity contribution in [1.29, 1.82) is 0 Å². The Labute approximate surface area is 240 Å². The van der Waals surface area contributed by atoms with Crippen LogP contribution < -0.4 is 5.73 Å². The van der Waals surface area contributed by atoms with Crippen molar-refractivity contribution < 1.29 is 14.3 Å². The summed E-state index contributed by atoms with van der Waals surface area (Å²) in [5, 5.41) is 0. The van der Waals surface area contributed by atoms with Gasteiger partial charge in [0.1, 0.15) is 11.6 Å². The second kappa shape index (κ2) is 12.5. The maximum absolute atomic E-state index is 11.6. The third-order valence-corrected chi connectivity index (χ3v) is 7.90. The predicted molar refractivity (Wildman–Crippen MR) is 156 cm³/mol. The second-order valence-electron chi connectivity index (χ2n) is 10.8. The largest absolute Gasteiger partial charge is 0.462 e. The van der Waals surface area contributed by atoms with Crippen LogP contribution in [0.2, 0.25) is 0 Å². The van der Waals surface area contributed by atoms with Crippen LogP contribution in [-0.4, -0.2) is 44.8 Å². The Balaban J connectivity index is 0.000000165. The van der Waals surface area contributed by atoms with E-state index in [0.717, 1.165) is 24.5 Å². The van der Waals surface area contributed by atoms with Crippen LogP contribution in [0.1, 0.15) is 76.1 Å². The number of esters is 1. The smallest absolute Gasteiger partial charge is 0.341 e. The number of carbonyl (C=O) groups excluding carboxylic acids is 2. The Kier molecular flexibility index (Phi) is 8.59. The number of nitrogens with two attached hydrogens (primary N) is 1. The zero-order valence-electron chi connectivity index (χ0n) is 23.3. The summed E-state index contributed by atoms with van der Waals surface area (Å²) in [6.45, 7) is 2.14. The van der Waals surface area contributed by atoms with Crippen LogP contribution in [-0.2, 0) is 28.4 Å². The molecular weight excluding hydrogens is 514 g/mol. The minimum atomic E-state index is -0.367. The molecule has 210 valence electrons. The van der Waals surface area contributed by atoms with Gasteiger partial charge >= 0.3 is 5.97 Å². The van der Waals surface area contributed by atoms with Gasteiger partial charge in [-0.1, -0.05) is 60.7 Å². The van der Waals surface area contributed by atoms with E-state index in [1.807, 2.05) is 12.1 Å². The lowest BCUT2D eigenvalue weighted by atomic mass is 9.92. The first-order valence-electron chi connectivity index (χ1n) is 14.1. The number of ketones is 1. The average Bonchev–Trinajstić information content (AvgIpc) is 3.97. The van der Waals surface area contributed by atoms with Crippen LogP contribution in [0.3, 0.4) is 0 Å². The second-order valence-corrected chi connectivity index (χ2v) is 10.8. The minimum Gasteiger partial charge on any atom is -0.462 e. The standard InChI is InChI=1S/C17H18N2O2.C16H17N3O/c1-2-21-16(20)13-11-18-15(19-12-13)10-17(8-9-17)14-6-4-3-5-7-14;17-9-14(20)12-10-18-15(19-11-12)8-16(6-7-16)13-4-2-1-3-5-13/h3-7,11-12H,2,8-10H2,1H3;1-5,10-11H,6-9,17H2. The van der Waals surface area contributed by atoms with Gasteiger partial charge < -0.3 is 10.5 Å². The number of rotatable bonds is 10. The van der Waals surface area contributed by atoms with Gasteiger partial charge in [0.2, 0.25) is 0 Å². The molecule has 0 saturated heterocycles. The molecule has 0 bridgehead atoms. The quantitative estimate of drug-likeness (QED) is 0.221. The van der Waals surface area contributed by atoms with E-state index in [2.05, 4.69) is 68.5 Å². The van der Waals surface area contributed by atoms with Gasteiger partial charge in [-0.05, 0) is 43.7 Å². The monoisotopic (exact) mass is 549 g/mol. The fourth-order valence-corrected chi connectivity index (χ4v) is 5.10. The predicted octanol–water partition coefficient (Wildman–Crippen LogP) is 4.82. The van der Waals surface area contributed by atoms with Crippen LogP contribution in [0, 0.1) is 0 Å². The highest BCUT2D eigenvalue weighted by Crippen LogP contribution is 2.50. The number of nitrogens with zero attached hydrogens (tertiary/aromatic N) is 4. The average molecular weight is 550 g/mol. The highest BCUT2D eigenvalue weighted by atomic mass is 16.5. The van der Waals surface area contributed by atoms with Crippen molar-refractivity contribution in [2.75, 3.05) is 13.2 Å². The molecule has 8 heteroatoms. The summed E-state index contributed by atoms with van der Waals surface area (Å²) in [4.78, 5) is 40.3. The summed E-state index contributed by atoms with van der Waals surface area (Å²) in [6, 6.07) is 21.0. The summed E-state index contributed by atoms with van der Waals surface area (Å²) < 4.78 is 4.93. The van der Waals surface area contributed by atoms with E-state index in [-0.39, 0.29) is 29.1 Å². The summed E-state index contributed by atoms with van der Waals surface area (Å²) in [6.07, 6.45) is 12.6. The molecular formula is C33H35N5O3. The lowest BCUT2D eigenvalue weighted by Gasteiger charge is -2.14. The molecule has 2 fully saturated rings. The molecule has 0 unspecified atom stereocenters. The number of Topliss-reactive ketones (excluding diaryl/α,β-unsaturated/α-hetero) is 1. The van der Waals surface area contributed by atoms with Crippen molar-refractivity contribution in [3.8, 4) is 0 Å². The van der Waals surface area contributed by atoms with E-state index in [9.17, 15) is 9.59 Å². The molecule has 0 radical (unpaired) electrons.